The number of rotatable bonds is 17. The number of ether oxygens (including phenoxy) is 1. The van der Waals surface area contributed by atoms with Crippen molar-refractivity contribution in [2.75, 3.05) is 23.8 Å². The normalized spacial score (nSPS) is 18.3. The maximum atomic E-state index is 12.9. The van der Waals surface area contributed by atoms with Gasteiger partial charge in [0.2, 0.25) is 17.7 Å². The standard InChI is InChI=1S/C36H41ClF3N7O6/c1-2-21-3-5-22(6-4-21)19-28(48)30(50)41-18-15-27(31(51)52)43-29(49)23-7-13-26(14-8-23)42-32-44-33(46-34(45-32)53-20-36(38,39)40)47-35(16-17-35)24-9-11-25(37)12-10-24/h7-14,21-22,27H,2-6,15-20H2,1H3,(H,41,50)(H,43,49)(H,51,52)(H2,42,44,45,46,47)/t21?,22?,27-/m0/s1. The number of Topliss-reactive ketones (excluding diaryl/α,β-unsaturated/α-hetero) is 1. The molecule has 2 saturated carbocycles. The van der Waals surface area contributed by atoms with E-state index < -0.39 is 53.9 Å². The second-order valence-electron chi connectivity index (χ2n) is 13.4. The van der Waals surface area contributed by atoms with Crippen LogP contribution in [-0.4, -0.2) is 69.0 Å². The number of halogens is 4. The maximum absolute atomic E-state index is 12.9. The number of nitrogens with zero attached hydrogens (tertiary/aromatic N) is 3. The first-order valence-electron chi connectivity index (χ1n) is 17.4. The van der Waals surface area contributed by atoms with Crippen LogP contribution in [0.4, 0.5) is 30.8 Å². The highest BCUT2D eigenvalue weighted by atomic mass is 35.5. The number of carbonyl (C=O) groups excluding carboxylic acids is 3. The molecule has 0 bridgehead atoms. The van der Waals surface area contributed by atoms with E-state index in [1.54, 1.807) is 12.1 Å². The molecular formula is C36H41ClF3N7O6. The molecule has 0 saturated heterocycles. The molecule has 0 radical (unpaired) electrons. The van der Waals surface area contributed by atoms with Crippen LogP contribution < -0.4 is 26.0 Å². The Labute approximate surface area is 308 Å². The third kappa shape index (κ3) is 11.5. The number of amides is 2. The number of alkyl halides is 3. The van der Waals surface area contributed by atoms with Crippen molar-refractivity contribution >= 4 is 52.8 Å². The summed E-state index contributed by atoms with van der Waals surface area (Å²) in [5.74, 6) is -2.66. The van der Waals surface area contributed by atoms with Gasteiger partial charge in [0.05, 0.1) is 5.54 Å². The summed E-state index contributed by atoms with van der Waals surface area (Å²) in [6.45, 7) is 0.393. The van der Waals surface area contributed by atoms with Crippen LogP contribution in [0.1, 0.15) is 80.6 Å². The number of nitrogens with one attached hydrogen (secondary N) is 4. The van der Waals surface area contributed by atoms with E-state index in [1.807, 2.05) is 12.1 Å². The van der Waals surface area contributed by atoms with Crippen molar-refractivity contribution < 1.29 is 42.2 Å². The fourth-order valence-electron chi connectivity index (χ4n) is 6.23. The van der Waals surface area contributed by atoms with Crippen LogP contribution in [0.25, 0.3) is 0 Å². The minimum absolute atomic E-state index is 0.0299. The molecule has 2 aliphatic carbocycles. The van der Waals surface area contributed by atoms with Crippen LogP contribution in [-0.2, 0) is 19.9 Å². The molecule has 0 unspecified atom stereocenters. The van der Waals surface area contributed by atoms with Crippen molar-refractivity contribution in [3.63, 3.8) is 0 Å². The van der Waals surface area contributed by atoms with E-state index in [1.165, 1.54) is 24.3 Å². The van der Waals surface area contributed by atoms with E-state index in [0.29, 0.717) is 29.5 Å². The van der Waals surface area contributed by atoms with Gasteiger partial charge in [-0.15, -0.1) is 0 Å². The maximum Gasteiger partial charge on any atom is 0.422 e. The van der Waals surface area contributed by atoms with Crippen LogP contribution in [0.2, 0.25) is 5.02 Å². The Hall–Kier alpha value is -4.99. The fraction of sp³-hybridized carbons (Fsp3) is 0.472. The van der Waals surface area contributed by atoms with E-state index >= 15 is 0 Å². The lowest BCUT2D eigenvalue weighted by molar-refractivity contribution is -0.154. The Kier molecular flexibility index (Phi) is 12.7. The highest BCUT2D eigenvalue weighted by molar-refractivity contribution is 6.36. The number of aromatic nitrogens is 3. The molecule has 5 N–H and O–H groups in total. The van der Waals surface area contributed by atoms with E-state index in [0.717, 1.165) is 37.7 Å². The smallest absolute Gasteiger partial charge is 0.422 e. The van der Waals surface area contributed by atoms with Crippen LogP contribution in [0, 0.1) is 11.8 Å². The van der Waals surface area contributed by atoms with E-state index in [4.69, 9.17) is 16.3 Å². The molecule has 5 rings (SSSR count). The number of ketones is 1. The molecular weight excluding hydrogens is 719 g/mol. The van der Waals surface area contributed by atoms with Crippen LogP contribution in [0.15, 0.2) is 48.5 Å². The summed E-state index contributed by atoms with van der Waals surface area (Å²) in [7, 11) is 0. The summed E-state index contributed by atoms with van der Waals surface area (Å²) in [5, 5.41) is 21.2. The zero-order chi connectivity index (χ0) is 38.2. The van der Waals surface area contributed by atoms with Crippen LogP contribution in [0.5, 0.6) is 6.01 Å². The average molecular weight is 760 g/mol. The Balaban J connectivity index is 1.17. The first kappa shape index (κ1) is 39.2. The number of carboxylic acid groups (broad SMARTS) is 1. The van der Waals surface area contributed by atoms with Gasteiger partial charge in [-0.05, 0) is 85.9 Å². The predicted octanol–water partition coefficient (Wildman–Crippen LogP) is 6.18. The monoisotopic (exact) mass is 759 g/mol. The van der Waals surface area contributed by atoms with Gasteiger partial charge in [-0.3, -0.25) is 14.4 Å². The lowest BCUT2D eigenvalue weighted by Gasteiger charge is -2.27. The minimum atomic E-state index is -4.63. The van der Waals surface area contributed by atoms with Gasteiger partial charge in [0, 0.05) is 29.2 Å². The van der Waals surface area contributed by atoms with Crippen molar-refractivity contribution in [1.29, 1.82) is 0 Å². The molecule has 17 heteroatoms. The van der Waals surface area contributed by atoms with Gasteiger partial charge in [0.25, 0.3) is 11.8 Å². The summed E-state index contributed by atoms with van der Waals surface area (Å²) in [6, 6.07) is 10.9. The molecule has 0 spiro atoms. The molecule has 2 aliphatic rings. The third-order valence-electron chi connectivity index (χ3n) is 9.47. The van der Waals surface area contributed by atoms with Crippen molar-refractivity contribution in [3.05, 3.63) is 64.7 Å². The molecule has 1 aromatic heterocycles. The number of hydrogen-bond donors (Lipinski definition) is 5. The van der Waals surface area contributed by atoms with Crippen molar-refractivity contribution in [1.82, 2.24) is 25.6 Å². The number of hydrogen-bond acceptors (Lipinski definition) is 10. The molecule has 3 aromatic rings. The van der Waals surface area contributed by atoms with Gasteiger partial charge in [-0.25, -0.2) is 4.79 Å². The Morgan fingerprint density at radius 3 is 2.19 bits per heavy atom. The summed E-state index contributed by atoms with van der Waals surface area (Å²) < 4.78 is 43.6. The van der Waals surface area contributed by atoms with Gasteiger partial charge in [-0.2, -0.15) is 28.1 Å². The number of carboxylic acids is 1. The lowest BCUT2D eigenvalue weighted by atomic mass is 9.79. The molecule has 1 atom stereocenters. The van der Waals surface area contributed by atoms with Crippen molar-refractivity contribution in [3.8, 4) is 6.01 Å². The summed E-state index contributed by atoms with van der Waals surface area (Å²) in [5.41, 5.74) is 0.789. The zero-order valence-electron chi connectivity index (χ0n) is 29.0. The molecule has 284 valence electrons. The predicted molar refractivity (Wildman–Crippen MR) is 189 cm³/mol. The van der Waals surface area contributed by atoms with E-state index in [-0.39, 0.29) is 42.8 Å². The van der Waals surface area contributed by atoms with Crippen molar-refractivity contribution in [2.45, 2.75) is 82.5 Å². The van der Waals surface area contributed by atoms with Gasteiger partial charge in [-0.1, -0.05) is 49.9 Å². The van der Waals surface area contributed by atoms with Crippen LogP contribution in [0.3, 0.4) is 0 Å². The Bertz CT molecular complexity index is 1770. The minimum Gasteiger partial charge on any atom is -0.480 e. The molecule has 2 fully saturated rings. The number of anilines is 3. The fourth-order valence-corrected chi connectivity index (χ4v) is 6.36. The summed E-state index contributed by atoms with van der Waals surface area (Å²) in [4.78, 5) is 61.9. The molecule has 0 aliphatic heterocycles. The molecule has 1 heterocycles. The first-order valence-corrected chi connectivity index (χ1v) is 17.8. The lowest BCUT2D eigenvalue weighted by Crippen LogP contribution is -2.43. The Morgan fingerprint density at radius 1 is 0.943 bits per heavy atom. The first-order chi connectivity index (χ1) is 25.2. The highest BCUT2D eigenvalue weighted by Crippen LogP contribution is 2.48. The second kappa shape index (κ2) is 17.2. The quantitative estimate of drug-likeness (QED) is 0.0991. The third-order valence-corrected chi connectivity index (χ3v) is 9.73. The number of aliphatic carboxylic acids is 1. The topological polar surface area (TPSA) is 185 Å². The van der Waals surface area contributed by atoms with E-state index in [9.17, 15) is 37.5 Å². The zero-order valence-corrected chi connectivity index (χ0v) is 29.7. The van der Waals surface area contributed by atoms with Gasteiger partial charge in [0.15, 0.2) is 6.61 Å². The summed E-state index contributed by atoms with van der Waals surface area (Å²) in [6.07, 6.45) is 1.81. The second-order valence-corrected chi connectivity index (χ2v) is 13.9. The van der Waals surface area contributed by atoms with Gasteiger partial charge >= 0.3 is 18.2 Å². The number of benzene rings is 2. The van der Waals surface area contributed by atoms with Crippen LogP contribution >= 0.6 is 11.6 Å². The highest BCUT2D eigenvalue weighted by Gasteiger charge is 2.45. The molecule has 53 heavy (non-hydrogen) atoms. The SMILES string of the molecule is CCC1CCC(CC(=O)C(=O)NCC[C@H](NC(=O)c2ccc(Nc3nc(NC4(c5ccc(Cl)cc5)CC4)nc(OCC(F)(F)F)n3)cc2)C(=O)O)CC1. The Morgan fingerprint density at radius 2 is 1.58 bits per heavy atom. The summed E-state index contributed by atoms with van der Waals surface area (Å²) >= 11 is 6.02. The van der Waals surface area contributed by atoms with E-state index in [2.05, 4.69) is 43.1 Å². The molecule has 2 amide bonds. The van der Waals surface area contributed by atoms with Gasteiger partial charge in [0.1, 0.15) is 6.04 Å². The van der Waals surface area contributed by atoms with Crippen molar-refractivity contribution in [2.24, 2.45) is 11.8 Å². The molecule has 2 aromatic carbocycles. The molecule has 13 nitrogen and oxygen atoms in total. The number of carbonyl (C=O) groups is 4. The van der Waals surface area contributed by atoms with Gasteiger partial charge < -0.3 is 31.1 Å². The average Bonchev–Trinajstić information content (AvgIpc) is 3.90. The largest absolute Gasteiger partial charge is 0.480 e.